The molecule has 1 aromatic heterocycles. The molecule has 0 unspecified atom stereocenters. The molecule has 0 amide bonds. The van der Waals surface area contributed by atoms with E-state index in [1.54, 1.807) is 12.1 Å². The molecule has 0 saturated carbocycles. The van der Waals surface area contributed by atoms with E-state index in [1.807, 2.05) is 26.0 Å². The zero-order valence-electron chi connectivity index (χ0n) is 18.2. The minimum absolute atomic E-state index is 0.218. The highest BCUT2D eigenvalue weighted by Crippen LogP contribution is 2.29. The summed E-state index contributed by atoms with van der Waals surface area (Å²) >= 11 is 0. The van der Waals surface area contributed by atoms with E-state index in [0.717, 1.165) is 30.3 Å². The Balaban J connectivity index is 1.50. The molecule has 2 aliphatic heterocycles. The molecule has 0 bridgehead atoms. The molecule has 0 N–H and O–H groups in total. The van der Waals surface area contributed by atoms with E-state index in [9.17, 15) is 8.42 Å². The first-order chi connectivity index (χ1) is 14.9. The summed E-state index contributed by atoms with van der Waals surface area (Å²) in [5, 5.41) is 0. The van der Waals surface area contributed by atoms with Gasteiger partial charge in [-0.25, -0.2) is 18.4 Å². The molecule has 4 rings (SSSR count). The van der Waals surface area contributed by atoms with E-state index >= 15 is 0 Å². The van der Waals surface area contributed by atoms with Crippen LogP contribution in [0.2, 0.25) is 0 Å². The van der Waals surface area contributed by atoms with Crippen LogP contribution < -0.4 is 14.5 Å². The topological polar surface area (TPSA) is 88.1 Å². The molecule has 168 valence electrons. The van der Waals surface area contributed by atoms with Crippen LogP contribution in [-0.4, -0.2) is 82.3 Å². The fourth-order valence-electron chi connectivity index (χ4n) is 3.94. The number of hydrogen-bond donors (Lipinski definition) is 0. The molecule has 0 spiro atoms. The largest absolute Gasteiger partial charge is 0.495 e. The number of anilines is 2. The maximum Gasteiger partial charge on any atom is 0.246 e. The molecular weight excluding hydrogens is 418 g/mol. The molecule has 0 atom stereocenters. The number of piperazine rings is 1. The van der Waals surface area contributed by atoms with Crippen LogP contribution >= 0.6 is 0 Å². The molecule has 0 aliphatic carbocycles. The standard InChI is InChI=1S/C21H29N5O4S/c1-16-4-5-18(29-3)19(14-16)31(27,28)26-8-6-24(7-9-26)20-15-21(23-17(2)22-20)25-10-12-30-13-11-25/h4-5,14-15H,6-13H2,1-3H3. The summed E-state index contributed by atoms with van der Waals surface area (Å²) in [6.45, 7) is 8.65. The number of aromatic nitrogens is 2. The number of hydrogen-bond acceptors (Lipinski definition) is 8. The highest BCUT2D eigenvalue weighted by atomic mass is 32.2. The summed E-state index contributed by atoms with van der Waals surface area (Å²) in [6.07, 6.45) is 0. The van der Waals surface area contributed by atoms with E-state index in [1.165, 1.54) is 11.4 Å². The van der Waals surface area contributed by atoms with Gasteiger partial charge in [0.25, 0.3) is 0 Å². The Morgan fingerprint density at radius 3 is 2.13 bits per heavy atom. The third kappa shape index (κ3) is 4.60. The summed E-state index contributed by atoms with van der Waals surface area (Å²) in [5.74, 6) is 2.80. The van der Waals surface area contributed by atoms with Crippen molar-refractivity contribution in [1.29, 1.82) is 0 Å². The Morgan fingerprint density at radius 2 is 1.52 bits per heavy atom. The molecular formula is C21H29N5O4S. The van der Waals surface area contributed by atoms with Crippen LogP contribution in [0.25, 0.3) is 0 Å². The van der Waals surface area contributed by atoms with Crippen LogP contribution in [0.1, 0.15) is 11.4 Å². The summed E-state index contributed by atoms with van der Waals surface area (Å²) in [5.41, 5.74) is 0.880. The highest BCUT2D eigenvalue weighted by Gasteiger charge is 2.31. The van der Waals surface area contributed by atoms with Crippen molar-refractivity contribution in [2.75, 3.05) is 69.4 Å². The third-order valence-electron chi connectivity index (χ3n) is 5.65. The van der Waals surface area contributed by atoms with E-state index < -0.39 is 10.0 Å². The Bertz CT molecular complexity index is 1030. The lowest BCUT2D eigenvalue weighted by Gasteiger charge is -2.35. The number of methoxy groups -OCH3 is 1. The van der Waals surface area contributed by atoms with Gasteiger partial charge in [0.05, 0.1) is 20.3 Å². The molecule has 2 fully saturated rings. The van der Waals surface area contributed by atoms with Gasteiger partial charge in [-0.3, -0.25) is 0 Å². The third-order valence-corrected chi connectivity index (χ3v) is 7.57. The van der Waals surface area contributed by atoms with Crippen LogP contribution in [0.5, 0.6) is 5.75 Å². The predicted molar refractivity (Wildman–Crippen MR) is 119 cm³/mol. The van der Waals surface area contributed by atoms with Crippen molar-refractivity contribution in [1.82, 2.24) is 14.3 Å². The SMILES string of the molecule is COc1ccc(C)cc1S(=O)(=O)N1CCN(c2cc(N3CCOCC3)nc(C)n2)CC1. The van der Waals surface area contributed by atoms with E-state index in [0.29, 0.717) is 51.0 Å². The number of aryl methyl sites for hydroxylation is 2. The van der Waals surface area contributed by atoms with Gasteiger partial charge in [-0.2, -0.15) is 4.31 Å². The minimum Gasteiger partial charge on any atom is -0.495 e. The second-order valence-corrected chi connectivity index (χ2v) is 9.68. The first kappa shape index (κ1) is 21.8. The normalized spacial score (nSPS) is 18.3. The van der Waals surface area contributed by atoms with Crippen molar-refractivity contribution in [3.8, 4) is 5.75 Å². The highest BCUT2D eigenvalue weighted by molar-refractivity contribution is 7.89. The molecule has 2 aliphatic rings. The van der Waals surface area contributed by atoms with Crippen LogP contribution in [0, 0.1) is 13.8 Å². The predicted octanol–water partition coefficient (Wildman–Crippen LogP) is 1.45. The van der Waals surface area contributed by atoms with Crippen molar-refractivity contribution in [2.45, 2.75) is 18.7 Å². The van der Waals surface area contributed by atoms with E-state index in [4.69, 9.17) is 9.47 Å². The molecule has 9 nitrogen and oxygen atoms in total. The summed E-state index contributed by atoms with van der Waals surface area (Å²) in [7, 11) is -2.15. The number of nitrogens with zero attached hydrogens (tertiary/aromatic N) is 5. The summed E-state index contributed by atoms with van der Waals surface area (Å²) in [4.78, 5) is 13.7. The van der Waals surface area contributed by atoms with E-state index in [2.05, 4.69) is 19.8 Å². The van der Waals surface area contributed by atoms with Gasteiger partial charge in [-0.15, -0.1) is 0 Å². The van der Waals surface area contributed by atoms with Crippen LogP contribution in [0.4, 0.5) is 11.6 Å². The van der Waals surface area contributed by atoms with Gasteiger partial charge in [0.2, 0.25) is 10.0 Å². The first-order valence-corrected chi connectivity index (χ1v) is 11.9. The van der Waals surface area contributed by atoms with Gasteiger partial charge in [0, 0.05) is 45.3 Å². The fraction of sp³-hybridized carbons (Fsp3) is 0.524. The minimum atomic E-state index is -3.64. The average Bonchev–Trinajstić information content (AvgIpc) is 2.79. The molecule has 10 heteroatoms. The Hall–Kier alpha value is -2.43. The van der Waals surface area contributed by atoms with Gasteiger partial charge in [0.15, 0.2) is 0 Å². The smallest absolute Gasteiger partial charge is 0.246 e. The number of rotatable bonds is 5. The maximum absolute atomic E-state index is 13.3. The van der Waals surface area contributed by atoms with Gasteiger partial charge < -0.3 is 19.3 Å². The summed E-state index contributed by atoms with van der Waals surface area (Å²) in [6, 6.07) is 7.21. The van der Waals surface area contributed by atoms with Crippen molar-refractivity contribution in [3.63, 3.8) is 0 Å². The molecule has 31 heavy (non-hydrogen) atoms. The van der Waals surface area contributed by atoms with Gasteiger partial charge in [-0.1, -0.05) is 6.07 Å². The number of benzene rings is 1. The van der Waals surface area contributed by atoms with Gasteiger partial charge in [-0.05, 0) is 31.5 Å². The molecule has 2 aromatic rings. The Labute approximate surface area is 183 Å². The monoisotopic (exact) mass is 447 g/mol. The molecule has 3 heterocycles. The van der Waals surface area contributed by atoms with Crippen LogP contribution in [0.3, 0.4) is 0 Å². The van der Waals surface area contributed by atoms with Gasteiger partial charge in [0.1, 0.15) is 28.1 Å². The second-order valence-electron chi connectivity index (χ2n) is 7.78. The lowest BCUT2D eigenvalue weighted by atomic mass is 10.2. The zero-order valence-corrected chi connectivity index (χ0v) is 19.1. The van der Waals surface area contributed by atoms with E-state index in [-0.39, 0.29) is 4.90 Å². The fourth-order valence-corrected chi connectivity index (χ4v) is 5.60. The first-order valence-electron chi connectivity index (χ1n) is 10.5. The number of ether oxygens (including phenoxy) is 2. The lowest BCUT2D eigenvalue weighted by molar-refractivity contribution is 0.122. The Morgan fingerprint density at radius 1 is 0.903 bits per heavy atom. The van der Waals surface area contributed by atoms with Crippen molar-refractivity contribution in [3.05, 3.63) is 35.7 Å². The molecule has 2 saturated heterocycles. The average molecular weight is 448 g/mol. The van der Waals surface area contributed by atoms with Crippen molar-refractivity contribution in [2.24, 2.45) is 0 Å². The quantitative estimate of drug-likeness (QED) is 0.681. The number of morpholine rings is 1. The number of sulfonamides is 1. The molecule has 1 aromatic carbocycles. The van der Waals surface area contributed by atoms with Crippen LogP contribution in [0.15, 0.2) is 29.2 Å². The van der Waals surface area contributed by atoms with Crippen molar-refractivity contribution < 1.29 is 17.9 Å². The second kappa shape index (κ2) is 8.97. The lowest BCUT2D eigenvalue weighted by Crippen LogP contribution is -2.49. The van der Waals surface area contributed by atoms with Gasteiger partial charge >= 0.3 is 0 Å². The van der Waals surface area contributed by atoms with Crippen molar-refractivity contribution >= 4 is 21.7 Å². The molecule has 0 radical (unpaired) electrons. The maximum atomic E-state index is 13.3. The Kier molecular flexibility index (Phi) is 6.31. The summed E-state index contributed by atoms with van der Waals surface area (Å²) < 4.78 is 38.8. The zero-order chi connectivity index (χ0) is 22.0. The van der Waals surface area contributed by atoms with Crippen LogP contribution in [-0.2, 0) is 14.8 Å².